The van der Waals surface area contributed by atoms with E-state index in [2.05, 4.69) is 24.4 Å². The van der Waals surface area contributed by atoms with Crippen LogP contribution in [0, 0.1) is 0 Å². The molecule has 0 bridgehead atoms. The number of hydrogen-bond donors (Lipinski definition) is 1. The first-order chi connectivity index (χ1) is 9.74. The van der Waals surface area contributed by atoms with Gasteiger partial charge in [-0.15, -0.1) is 11.3 Å². The van der Waals surface area contributed by atoms with Crippen LogP contribution >= 0.6 is 22.9 Å². The summed E-state index contributed by atoms with van der Waals surface area (Å²) in [5.74, 6) is 0.924. The van der Waals surface area contributed by atoms with Gasteiger partial charge in [0.2, 0.25) is 0 Å². The number of halogens is 1. The summed E-state index contributed by atoms with van der Waals surface area (Å²) < 4.78 is 5.28. The lowest BCUT2D eigenvalue weighted by atomic mass is 10.0. The number of ether oxygens (including phenoxy) is 1. The van der Waals surface area contributed by atoms with Crippen molar-refractivity contribution in [2.45, 2.75) is 25.8 Å². The molecule has 1 N–H and O–H groups in total. The van der Waals surface area contributed by atoms with Crippen LogP contribution in [0.25, 0.3) is 0 Å². The summed E-state index contributed by atoms with van der Waals surface area (Å²) in [6.07, 6.45) is 2.00. The van der Waals surface area contributed by atoms with Gasteiger partial charge >= 0.3 is 0 Å². The summed E-state index contributed by atoms with van der Waals surface area (Å²) in [5.41, 5.74) is 1.18. The number of hydrogen-bond acceptors (Lipinski definition) is 3. The first-order valence-electron chi connectivity index (χ1n) is 6.83. The van der Waals surface area contributed by atoms with Crippen molar-refractivity contribution < 1.29 is 4.74 Å². The Morgan fingerprint density at radius 3 is 2.80 bits per heavy atom. The monoisotopic (exact) mass is 309 g/mol. The number of thiophene rings is 1. The molecule has 4 heteroatoms. The van der Waals surface area contributed by atoms with E-state index in [9.17, 15) is 0 Å². The zero-order chi connectivity index (χ0) is 14.4. The molecule has 20 heavy (non-hydrogen) atoms. The minimum absolute atomic E-state index is 0.281. The van der Waals surface area contributed by atoms with Gasteiger partial charge in [0.1, 0.15) is 5.75 Å². The lowest BCUT2D eigenvalue weighted by Gasteiger charge is -2.18. The molecule has 0 amide bonds. The highest BCUT2D eigenvalue weighted by Crippen LogP contribution is 2.30. The molecule has 1 aromatic carbocycles. The van der Waals surface area contributed by atoms with Gasteiger partial charge in [-0.05, 0) is 37.1 Å². The molecule has 0 spiro atoms. The van der Waals surface area contributed by atoms with E-state index < -0.39 is 0 Å². The Bertz CT molecular complexity index is 541. The largest absolute Gasteiger partial charge is 0.496 e. The maximum atomic E-state index is 6.27. The summed E-state index contributed by atoms with van der Waals surface area (Å²) >= 11 is 8.00. The Morgan fingerprint density at radius 1 is 1.35 bits per heavy atom. The van der Waals surface area contributed by atoms with Crippen molar-refractivity contribution in [1.82, 2.24) is 5.32 Å². The van der Waals surface area contributed by atoms with Crippen molar-refractivity contribution in [1.29, 1.82) is 0 Å². The van der Waals surface area contributed by atoms with E-state index in [0.29, 0.717) is 0 Å². The Hall–Kier alpha value is -1.03. The third-order valence-corrected chi connectivity index (χ3v) is 4.59. The Kier molecular flexibility index (Phi) is 5.89. The van der Waals surface area contributed by atoms with Crippen molar-refractivity contribution in [3.05, 3.63) is 51.2 Å². The summed E-state index contributed by atoms with van der Waals surface area (Å²) in [7, 11) is 1.70. The van der Waals surface area contributed by atoms with Crippen molar-refractivity contribution >= 4 is 22.9 Å². The first-order valence-corrected chi connectivity index (χ1v) is 8.09. The second-order valence-electron chi connectivity index (χ2n) is 4.69. The molecule has 1 aromatic heterocycles. The van der Waals surface area contributed by atoms with E-state index in [1.54, 1.807) is 18.4 Å². The number of rotatable bonds is 7. The molecule has 0 fully saturated rings. The fourth-order valence-corrected chi connectivity index (χ4v) is 3.24. The second-order valence-corrected chi connectivity index (χ2v) is 6.04. The van der Waals surface area contributed by atoms with Crippen LogP contribution in [0.5, 0.6) is 5.75 Å². The zero-order valence-corrected chi connectivity index (χ0v) is 13.4. The predicted octanol–water partition coefficient (Wildman–Crippen LogP) is 4.69. The SMILES string of the molecule is CCCNC(Cc1ccccc1Cl)c1cc(OC)cs1. The van der Waals surface area contributed by atoms with Crippen LogP contribution in [-0.2, 0) is 6.42 Å². The van der Waals surface area contributed by atoms with Crippen LogP contribution in [0.2, 0.25) is 5.02 Å². The molecule has 0 aliphatic heterocycles. The zero-order valence-electron chi connectivity index (χ0n) is 11.9. The molecule has 0 aliphatic rings. The molecule has 0 aliphatic carbocycles. The standard InChI is InChI=1S/C16H20ClNOS/c1-3-8-18-15(16-10-13(19-2)11-20-16)9-12-6-4-5-7-14(12)17/h4-7,10-11,15,18H,3,8-9H2,1-2H3. The first kappa shape index (κ1) is 15.4. The molecule has 2 nitrogen and oxygen atoms in total. The van der Waals surface area contributed by atoms with Crippen molar-refractivity contribution in [3.8, 4) is 5.75 Å². The molecule has 1 atom stereocenters. The van der Waals surface area contributed by atoms with Gasteiger partial charge in [-0.25, -0.2) is 0 Å². The molecule has 1 unspecified atom stereocenters. The molecular weight excluding hydrogens is 290 g/mol. The van der Waals surface area contributed by atoms with E-state index in [1.807, 2.05) is 23.6 Å². The summed E-state index contributed by atoms with van der Waals surface area (Å²) in [4.78, 5) is 1.29. The highest BCUT2D eigenvalue weighted by molar-refractivity contribution is 7.10. The van der Waals surface area contributed by atoms with Crippen molar-refractivity contribution in [2.75, 3.05) is 13.7 Å². The second kappa shape index (κ2) is 7.67. The third-order valence-electron chi connectivity index (χ3n) is 3.20. The molecule has 0 saturated carbocycles. The van der Waals surface area contributed by atoms with Gasteiger partial charge in [-0.1, -0.05) is 36.7 Å². The quantitative estimate of drug-likeness (QED) is 0.801. The van der Waals surface area contributed by atoms with Crippen LogP contribution < -0.4 is 10.1 Å². The van der Waals surface area contributed by atoms with E-state index in [1.165, 1.54) is 10.4 Å². The summed E-state index contributed by atoms with van der Waals surface area (Å²) in [5, 5.41) is 6.47. The topological polar surface area (TPSA) is 21.3 Å². The average molecular weight is 310 g/mol. The number of methoxy groups -OCH3 is 1. The maximum Gasteiger partial charge on any atom is 0.129 e. The lowest BCUT2D eigenvalue weighted by Crippen LogP contribution is -2.23. The van der Waals surface area contributed by atoms with Gasteiger partial charge in [0.15, 0.2) is 0 Å². The molecule has 2 rings (SSSR count). The number of benzene rings is 1. The molecule has 2 aromatic rings. The van der Waals surface area contributed by atoms with Gasteiger partial charge in [0.05, 0.1) is 7.11 Å². The van der Waals surface area contributed by atoms with Crippen LogP contribution in [0.3, 0.4) is 0 Å². The van der Waals surface area contributed by atoms with E-state index in [4.69, 9.17) is 16.3 Å². The van der Waals surface area contributed by atoms with E-state index in [-0.39, 0.29) is 6.04 Å². The highest BCUT2D eigenvalue weighted by atomic mass is 35.5. The van der Waals surface area contributed by atoms with E-state index >= 15 is 0 Å². The summed E-state index contributed by atoms with van der Waals surface area (Å²) in [6, 6.07) is 10.4. The Morgan fingerprint density at radius 2 is 2.15 bits per heavy atom. The van der Waals surface area contributed by atoms with E-state index in [0.717, 1.165) is 30.2 Å². The highest BCUT2D eigenvalue weighted by Gasteiger charge is 2.15. The minimum Gasteiger partial charge on any atom is -0.496 e. The maximum absolute atomic E-state index is 6.27. The van der Waals surface area contributed by atoms with Gasteiger partial charge in [-0.2, -0.15) is 0 Å². The van der Waals surface area contributed by atoms with Crippen LogP contribution in [0.4, 0.5) is 0 Å². The Labute approximate surface area is 129 Å². The minimum atomic E-state index is 0.281. The normalized spacial score (nSPS) is 12.3. The van der Waals surface area contributed by atoms with Gasteiger partial charge in [0, 0.05) is 21.3 Å². The van der Waals surface area contributed by atoms with Crippen LogP contribution in [-0.4, -0.2) is 13.7 Å². The fourth-order valence-electron chi connectivity index (χ4n) is 2.10. The van der Waals surface area contributed by atoms with Gasteiger partial charge in [-0.3, -0.25) is 0 Å². The molecular formula is C16H20ClNOS. The third kappa shape index (κ3) is 3.98. The van der Waals surface area contributed by atoms with Crippen molar-refractivity contribution in [3.63, 3.8) is 0 Å². The summed E-state index contributed by atoms with van der Waals surface area (Å²) in [6.45, 7) is 3.17. The fraction of sp³-hybridized carbons (Fsp3) is 0.375. The smallest absolute Gasteiger partial charge is 0.129 e. The average Bonchev–Trinajstić information content (AvgIpc) is 2.94. The van der Waals surface area contributed by atoms with Gasteiger partial charge < -0.3 is 10.1 Å². The van der Waals surface area contributed by atoms with Crippen molar-refractivity contribution in [2.24, 2.45) is 0 Å². The molecule has 108 valence electrons. The lowest BCUT2D eigenvalue weighted by molar-refractivity contribution is 0.415. The van der Waals surface area contributed by atoms with Gasteiger partial charge in [0.25, 0.3) is 0 Å². The Balaban J connectivity index is 2.17. The van der Waals surface area contributed by atoms with Crippen LogP contribution in [0.1, 0.15) is 29.8 Å². The predicted molar refractivity (Wildman–Crippen MR) is 87.1 cm³/mol. The van der Waals surface area contributed by atoms with Crippen LogP contribution in [0.15, 0.2) is 35.7 Å². The molecule has 0 saturated heterocycles. The molecule has 1 heterocycles. The number of nitrogens with one attached hydrogen (secondary N) is 1. The molecule has 0 radical (unpaired) electrons.